The van der Waals surface area contributed by atoms with E-state index in [2.05, 4.69) is 33.9 Å². The van der Waals surface area contributed by atoms with Crippen molar-refractivity contribution in [3.05, 3.63) is 70.5 Å². The van der Waals surface area contributed by atoms with Crippen LogP contribution in [0.25, 0.3) is 6.08 Å². The van der Waals surface area contributed by atoms with E-state index in [1.165, 1.54) is 6.07 Å². The Kier molecular flexibility index (Phi) is 7.40. The zero-order chi connectivity index (χ0) is 22.6. The molecule has 1 aliphatic rings. The molecule has 31 heavy (non-hydrogen) atoms. The number of ether oxygens (including phenoxy) is 2. The van der Waals surface area contributed by atoms with E-state index in [0.717, 1.165) is 16.7 Å². The second-order valence-electron chi connectivity index (χ2n) is 9.92. The van der Waals surface area contributed by atoms with Crippen LogP contribution in [0.2, 0.25) is 18.1 Å². The van der Waals surface area contributed by atoms with Gasteiger partial charge in [-0.15, -0.1) is 0 Å². The molecule has 3 nitrogen and oxygen atoms in total. The van der Waals surface area contributed by atoms with Gasteiger partial charge >= 0.3 is 0 Å². The molecule has 0 amide bonds. The quantitative estimate of drug-likeness (QED) is 0.401. The van der Waals surface area contributed by atoms with Gasteiger partial charge in [-0.25, -0.2) is 4.39 Å². The lowest BCUT2D eigenvalue weighted by Gasteiger charge is -2.36. The van der Waals surface area contributed by atoms with Gasteiger partial charge in [0.1, 0.15) is 18.2 Å². The van der Waals surface area contributed by atoms with Gasteiger partial charge in [0, 0.05) is 11.6 Å². The van der Waals surface area contributed by atoms with Crippen molar-refractivity contribution in [1.82, 2.24) is 0 Å². The van der Waals surface area contributed by atoms with Crippen molar-refractivity contribution in [3.63, 3.8) is 0 Å². The van der Waals surface area contributed by atoms with Crippen LogP contribution in [0, 0.1) is 5.82 Å². The van der Waals surface area contributed by atoms with Crippen molar-refractivity contribution < 1.29 is 18.3 Å². The predicted molar refractivity (Wildman–Crippen MR) is 127 cm³/mol. The smallest absolute Gasteiger partial charge is 0.192 e. The molecule has 0 spiro atoms. The standard InChI is InChI=1S/C26H35FO3Si/c1-19(28-17-20-10-8-7-9-11-20)16-29-23-14-22-12-21(13-24(22)25(27)15-23)18-30-31(5,6)26(2,3)4/h7-11,13-15,19H,12,16-18H2,1-6H3. The third-order valence-corrected chi connectivity index (χ3v) is 10.7. The molecule has 2 aromatic rings. The van der Waals surface area contributed by atoms with E-state index < -0.39 is 8.32 Å². The molecule has 0 aliphatic heterocycles. The van der Waals surface area contributed by atoms with Gasteiger partial charge in [-0.2, -0.15) is 0 Å². The third-order valence-electron chi connectivity index (χ3n) is 6.24. The van der Waals surface area contributed by atoms with Crippen molar-refractivity contribution in [2.45, 2.75) is 65.0 Å². The minimum Gasteiger partial charge on any atom is -0.491 e. The molecule has 0 aromatic heterocycles. The second-order valence-corrected chi connectivity index (χ2v) is 14.7. The third kappa shape index (κ3) is 6.28. The summed E-state index contributed by atoms with van der Waals surface area (Å²) in [7, 11) is -1.83. The molecule has 5 heteroatoms. The Morgan fingerprint density at radius 3 is 2.45 bits per heavy atom. The normalized spacial score (nSPS) is 14.9. The number of hydrogen-bond acceptors (Lipinski definition) is 3. The monoisotopic (exact) mass is 442 g/mol. The maximum Gasteiger partial charge on any atom is 0.192 e. The molecule has 1 atom stereocenters. The van der Waals surface area contributed by atoms with Crippen LogP contribution in [0.1, 0.15) is 44.4 Å². The summed E-state index contributed by atoms with van der Waals surface area (Å²) in [6.45, 7) is 14.6. The molecule has 0 radical (unpaired) electrons. The average molecular weight is 443 g/mol. The molecule has 0 heterocycles. The molecule has 2 aromatic carbocycles. The largest absolute Gasteiger partial charge is 0.491 e. The maximum atomic E-state index is 14.7. The summed E-state index contributed by atoms with van der Waals surface area (Å²) in [6.07, 6.45) is 2.55. The van der Waals surface area contributed by atoms with Crippen LogP contribution in [-0.2, 0) is 22.2 Å². The van der Waals surface area contributed by atoms with Crippen molar-refractivity contribution in [2.75, 3.05) is 13.2 Å². The van der Waals surface area contributed by atoms with Crippen LogP contribution < -0.4 is 4.74 Å². The first kappa shape index (κ1) is 23.7. The SMILES string of the molecule is CC(COc1cc(F)c2c(c1)CC(CO[Si](C)(C)C(C)(C)C)=C2)OCc1ccccc1. The fourth-order valence-corrected chi connectivity index (χ4v) is 4.17. The van der Waals surface area contributed by atoms with Crippen molar-refractivity contribution >= 4 is 14.4 Å². The van der Waals surface area contributed by atoms with Gasteiger partial charge in [-0.1, -0.05) is 51.1 Å². The second kappa shape index (κ2) is 9.68. The molecular formula is C26H35FO3Si. The first-order chi connectivity index (χ1) is 14.5. The van der Waals surface area contributed by atoms with E-state index >= 15 is 0 Å². The van der Waals surface area contributed by atoms with Crippen molar-refractivity contribution in [1.29, 1.82) is 0 Å². The van der Waals surface area contributed by atoms with E-state index in [4.69, 9.17) is 13.9 Å². The van der Waals surface area contributed by atoms with Crippen LogP contribution in [0.4, 0.5) is 4.39 Å². The zero-order valence-electron chi connectivity index (χ0n) is 19.6. The van der Waals surface area contributed by atoms with E-state index in [0.29, 0.717) is 37.6 Å². The Balaban J connectivity index is 1.53. The summed E-state index contributed by atoms with van der Waals surface area (Å²) < 4.78 is 32.7. The lowest BCUT2D eigenvalue weighted by atomic mass is 10.1. The Hall–Kier alpha value is -1.95. The van der Waals surface area contributed by atoms with Gasteiger partial charge in [0.25, 0.3) is 0 Å². The fraction of sp³-hybridized carbons (Fsp3) is 0.462. The highest BCUT2D eigenvalue weighted by molar-refractivity contribution is 6.74. The maximum absolute atomic E-state index is 14.7. The zero-order valence-corrected chi connectivity index (χ0v) is 20.6. The van der Waals surface area contributed by atoms with Gasteiger partial charge in [-0.05, 0) is 60.3 Å². The average Bonchev–Trinajstić information content (AvgIpc) is 3.13. The fourth-order valence-electron chi connectivity index (χ4n) is 3.19. The van der Waals surface area contributed by atoms with E-state index in [9.17, 15) is 4.39 Å². The van der Waals surface area contributed by atoms with E-state index in [1.54, 1.807) is 0 Å². The van der Waals surface area contributed by atoms with E-state index in [1.807, 2.05) is 49.4 Å². The highest BCUT2D eigenvalue weighted by atomic mass is 28.4. The highest BCUT2D eigenvalue weighted by Crippen LogP contribution is 2.38. The van der Waals surface area contributed by atoms with Crippen molar-refractivity contribution in [2.24, 2.45) is 0 Å². The first-order valence-corrected chi connectivity index (χ1v) is 13.9. The van der Waals surface area contributed by atoms with Crippen LogP contribution >= 0.6 is 0 Å². The molecular weight excluding hydrogens is 407 g/mol. The summed E-state index contributed by atoms with van der Waals surface area (Å²) in [5, 5.41) is 0.157. The minimum absolute atomic E-state index is 0.0943. The summed E-state index contributed by atoms with van der Waals surface area (Å²) in [5.74, 6) is 0.305. The van der Waals surface area contributed by atoms with Crippen LogP contribution in [0.5, 0.6) is 5.75 Å². The number of hydrogen-bond donors (Lipinski definition) is 0. The summed E-state index contributed by atoms with van der Waals surface area (Å²) in [5.41, 5.74) is 3.86. The Labute approximate surface area is 187 Å². The van der Waals surface area contributed by atoms with Crippen LogP contribution in [0.15, 0.2) is 48.0 Å². The molecule has 0 bridgehead atoms. The summed E-state index contributed by atoms with van der Waals surface area (Å²) in [6, 6.07) is 13.4. The molecule has 3 rings (SSSR count). The van der Waals surface area contributed by atoms with Crippen LogP contribution in [0.3, 0.4) is 0 Å². The van der Waals surface area contributed by atoms with E-state index in [-0.39, 0.29) is 17.0 Å². The molecule has 0 saturated heterocycles. The van der Waals surface area contributed by atoms with Gasteiger partial charge in [0.05, 0.1) is 19.3 Å². The highest BCUT2D eigenvalue weighted by Gasteiger charge is 2.37. The lowest BCUT2D eigenvalue weighted by molar-refractivity contribution is 0.0213. The minimum atomic E-state index is -1.83. The van der Waals surface area contributed by atoms with Crippen molar-refractivity contribution in [3.8, 4) is 5.75 Å². The molecule has 0 saturated carbocycles. The topological polar surface area (TPSA) is 27.7 Å². The lowest BCUT2D eigenvalue weighted by Crippen LogP contribution is -2.41. The molecule has 0 fully saturated rings. The first-order valence-electron chi connectivity index (χ1n) is 11.0. The number of fused-ring (bicyclic) bond motifs is 1. The van der Waals surface area contributed by atoms with Gasteiger partial charge in [-0.3, -0.25) is 0 Å². The van der Waals surface area contributed by atoms with Gasteiger partial charge < -0.3 is 13.9 Å². The molecule has 1 unspecified atom stereocenters. The van der Waals surface area contributed by atoms with Gasteiger partial charge in [0.15, 0.2) is 8.32 Å². The molecule has 168 valence electrons. The predicted octanol–water partition coefficient (Wildman–Crippen LogP) is 6.77. The molecule has 1 aliphatic carbocycles. The number of halogens is 1. The Morgan fingerprint density at radius 2 is 1.77 bits per heavy atom. The van der Waals surface area contributed by atoms with Gasteiger partial charge in [0.2, 0.25) is 0 Å². The number of rotatable bonds is 9. The number of benzene rings is 2. The summed E-state index contributed by atoms with van der Waals surface area (Å²) in [4.78, 5) is 0. The Morgan fingerprint density at radius 1 is 1.06 bits per heavy atom. The molecule has 0 N–H and O–H groups in total. The Bertz CT molecular complexity index is 916. The van der Waals surface area contributed by atoms with Crippen LogP contribution in [-0.4, -0.2) is 27.6 Å². The summed E-state index contributed by atoms with van der Waals surface area (Å²) >= 11 is 0.